The van der Waals surface area contributed by atoms with Crippen molar-refractivity contribution in [3.8, 4) is 17.6 Å². The number of carbonyl (C=O) groups excluding carboxylic acids is 1. The molecule has 1 aromatic carbocycles. The maximum Gasteiger partial charge on any atom is 0.459 e. The molecule has 238 valence electrons. The first-order chi connectivity index (χ1) is 20.9. The Morgan fingerprint density at radius 2 is 1.91 bits per heavy atom. The number of aliphatic hydroxyl groups excluding tert-OH is 2. The lowest BCUT2D eigenvalue weighted by molar-refractivity contribution is -0.149. The second-order valence-electron chi connectivity index (χ2n) is 10.2. The monoisotopic (exact) mass is 634 g/mol. The third kappa shape index (κ3) is 7.28. The molecular weight excluding hydrogens is 599 g/mol. The summed E-state index contributed by atoms with van der Waals surface area (Å²) in [6.45, 7) is 4.54. The van der Waals surface area contributed by atoms with E-state index in [1.54, 1.807) is 45.2 Å². The van der Waals surface area contributed by atoms with Gasteiger partial charge in [0.25, 0.3) is 0 Å². The number of esters is 1. The van der Waals surface area contributed by atoms with Crippen molar-refractivity contribution in [2.45, 2.75) is 56.8 Å². The Morgan fingerprint density at radius 1 is 1.20 bits per heavy atom. The second kappa shape index (κ2) is 13.9. The Hall–Kier alpha value is -3.81. The number of benzene rings is 1. The van der Waals surface area contributed by atoms with Crippen molar-refractivity contribution in [3.05, 3.63) is 48.4 Å². The molecule has 1 aliphatic heterocycles. The average molecular weight is 635 g/mol. The molecular formula is C27H35N6O10P. The fraction of sp³-hybridized carbons (Fsp3) is 0.481. The number of methoxy groups -OCH3 is 1. The third-order valence-corrected chi connectivity index (χ3v) is 8.18. The van der Waals surface area contributed by atoms with Gasteiger partial charge in [-0.05, 0) is 57.2 Å². The lowest BCUT2D eigenvalue weighted by atomic mass is 9.96. The molecule has 44 heavy (non-hydrogen) atoms. The number of hydrogen-bond donors (Lipinski definition) is 4. The van der Waals surface area contributed by atoms with Crippen molar-refractivity contribution in [2.24, 2.45) is 0 Å². The van der Waals surface area contributed by atoms with Gasteiger partial charge in [-0.15, -0.1) is 0 Å². The maximum atomic E-state index is 14.0. The zero-order valence-corrected chi connectivity index (χ0v) is 25.4. The molecule has 0 radical (unpaired) electrons. The lowest BCUT2D eigenvalue weighted by Gasteiger charge is -2.28. The number of nitrogens with one attached hydrogen (secondary N) is 1. The van der Waals surface area contributed by atoms with Gasteiger partial charge < -0.3 is 39.4 Å². The topological polar surface area (TPSA) is 222 Å². The molecule has 1 aliphatic rings. The zero-order chi connectivity index (χ0) is 32.1. The van der Waals surface area contributed by atoms with E-state index >= 15 is 0 Å². The highest BCUT2D eigenvalue weighted by atomic mass is 31.2. The summed E-state index contributed by atoms with van der Waals surface area (Å²) in [6, 6.07) is 9.84. The van der Waals surface area contributed by atoms with E-state index in [9.17, 15) is 24.8 Å². The van der Waals surface area contributed by atoms with Crippen LogP contribution in [0.3, 0.4) is 0 Å². The molecule has 0 bridgehead atoms. The average Bonchev–Trinajstić information content (AvgIpc) is 3.52. The number of nitrogens with two attached hydrogens (primary N) is 1. The van der Waals surface area contributed by atoms with Gasteiger partial charge in [0.05, 0.1) is 18.4 Å². The Labute approximate surface area is 253 Å². The first kappa shape index (κ1) is 33.1. The summed E-state index contributed by atoms with van der Waals surface area (Å²) in [5, 5.41) is 38.7. The summed E-state index contributed by atoms with van der Waals surface area (Å²) in [7, 11) is -2.95. The number of nitriles is 1. The van der Waals surface area contributed by atoms with Crippen LogP contribution in [0, 0.1) is 11.3 Å². The van der Waals surface area contributed by atoms with Gasteiger partial charge in [-0.1, -0.05) is 0 Å². The summed E-state index contributed by atoms with van der Waals surface area (Å²) < 4.78 is 48.3. The van der Waals surface area contributed by atoms with Gasteiger partial charge in [-0.3, -0.25) is 9.32 Å². The van der Waals surface area contributed by atoms with Gasteiger partial charge in [0.2, 0.25) is 5.60 Å². The SMILES string of the molecule is COCCOc1ccc(OP(=O)(N[C@@H](C)C(=O)OC(C)C)OC[C@@]2(C#N)O[C@@H](c3ccc4c(N)ncnn34)[C@H](O)[C@@H]2O)cc1. The van der Waals surface area contributed by atoms with Gasteiger partial charge in [-0.25, -0.2) is 14.1 Å². The lowest BCUT2D eigenvalue weighted by Crippen LogP contribution is -2.46. The van der Waals surface area contributed by atoms with Crippen LogP contribution in [0.2, 0.25) is 0 Å². The van der Waals surface area contributed by atoms with Gasteiger partial charge in [0, 0.05) is 7.11 Å². The Bertz CT molecular complexity index is 1530. The summed E-state index contributed by atoms with van der Waals surface area (Å²) in [5.41, 5.74) is 4.37. The van der Waals surface area contributed by atoms with Crippen LogP contribution in [0.15, 0.2) is 42.7 Å². The Kier molecular flexibility index (Phi) is 10.4. The molecule has 1 saturated heterocycles. The minimum atomic E-state index is -4.49. The number of ether oxygens (including phenoxy) is 4. The Balaban J connectivity index is 1.57. The van der Waals surface area contributed by atoms with Crippen LogP contribution in [0.25, 0.3) is 5.52 Å². The molecule has 4 rings (SSSR count). The summed E-state index contributed by atoms with van der Waals surface area (Å²) >= 11 is 0. The van der Waals surface area contributed by atoms with E-state index in [0.29, 0.717) is 24.5 Å². The van der Waals surface area contributed by atoms with Crippen LogP contribution >= 0.6 is 7.75 Å². The van der Waals surface area contributed by atoms with Crippen molar-refractivity contribution < 1.29 is 47.6 Å². The quantitative estimate of drug-likeness (QED) is 0.112. The van der Waals surface area contributed by atoms with E-state index < -0.39 is 56.4 Å². The summed E-state index contributed by atoms with van der Waals surface area (Å²) in [4.78, 5) is 16.4. The number of aliphatic hydroxyl groups is 2. The third-order valence-electron chi connectivity index (χ3n) is 6.55. The van der Waals surface area contributed by atoms with Crippen LogP contribution in [0.4, 0.5) is 5.82 Å². The van der Waals surface area contributed by atoms with E-state index in [4.69, 9.17) is 33.7 Å². The van der Waals surface area contributed by atoms with Crippen LogP contribution in [-0.2, 0) is 28.1 Å². The number of anilines is 1. The normalized spacial score (nSPS) is 23.6. The minimum absolute atomic E-state index is 0.0677. The number of nitrogen functional groups attached to an aromatic ring is 1. The minimum Gasteiger partial charge on any atom is -0.491 e. The number of nitrogens with zero attached hydrogens (tertiary/aromatic N) is 4. The van der Waals surface area contributed by atoms with E-state index in [1.165, 1.54) is 29.9 Å². The van der Waals surface area contributed by atoms with Crippen molar-refractivity contribution in [3.63, 3.8) is 0 Å². The standard InChI is InChI=1S/C27H35N6O10P/c1-16(2)41-26(36)17(3)32-44(37,43-19-7-5-18(6-8-19)39-12-11-38-4)40-14-27(13-28)24(35)22(34)23(42-27)20-9-10-21-25(29)30-15-31-33(20)21/h5-10,15-17,22-24,34-35H,11-12,14H2,1-4H3,(H,32,37)(H2,29,30,31)/t17-,22-,23-,24-,27+,44?/m0/s1. The molecule has 6 atom stereocenters. The molecule has 16 nitrogen and oxygen atoms in total. The molecule has 2 aromatic heterocycles. The molecule has 5 N–H and O–H groups in total. The van der Waals surface area contributed by atoms with E-state index in [2.05, 4.69) is 15.2 Å². The molecule has 1 fully saturated rings. The predicted octanol–water partition coefficient (Wildman–Crippen LogP) is 1.53. The maximum absolute atomic E-state index is 14.0. The van der Waals surface area contributed by atoms with Gasteiger partial charge in [0.1, 0.15) is 67.0 Å². The zero-order valence-electron chi connectivity index (χ0n) is 24.5. The second-order valence-corrected chi connectivity index (χ2v) is 11.9. The number of hydrogen-bond acceptors (Lipinski definition) is 14. The molecule has 3 aromatic rings. The molecule has 0 saturated carbocycles. The summed E-state index contributed by atoms with van der Waals surface area (Å²) in [6.07, 6.45) is -3.95. The number of aromatic nitrogens is 3. The van der Waals surface area contributed by atoms with Crippen LogP contribution < -0.4 is 20.1 Å². The fourth-order valence-corrected chi connectivity index (χ4v) is 5.87. The number of carbonyl (C=O) groups is 1. The van der Waals surface area contributed by atoms with E-state index in [-0.39, 0.29) is 17.3 Å². The summed E-state index contributed by atoms with van der Waals surface area (Å²) in [5.74, 6) is -0.0164. The van der Waals surface area contributed by atoms with E-state index in [1.807, 2.05) is 6.07 Å². The highest BCUT2D eigenvalue weighted by Gasteiger charge is 2.57. The van der Waals surface area contributed by atoms with E-state index in [0.717, 1.165) is 0 Å². The van der Waals surface area contributed by atoms with Crippen LogP contribution in [0.1, 0.15) is 32.6 Å². The first-order valence-corrected chi connectivity index (χ1v) is 15.1. The molecule has 3 heterocycles. The smallest absolute Gasteiger partial charge is 0.459 e. The van der Waals surface area contributed by atoms with Gasteiger partial charge in [-0.2, -0.15) is 15.4 Å². The first-order valence-electron chi connectivity index (χ1n) is 13.6. The predicted molar refractivity (Wildman–Crippen MR) is 153 cm³/mol. The fourth-order valence-electron chi connectivity index (χ4n) is 4.35. The van der Waals surface area contributed by atoms with Crippen molar-refractivity contribution in [1.82, 2.24) is 19.7 Å². The van der Waals surface area contributed by atoms with Crippen LogP contribution in [0.5, 0.6) is 11.5 Å². The number of rotatable bonds is 14. The highest BCUT2D eigenvalue weighted by Crippen LogP contribution is 2.48. The molecule has 0 spiro atoms. The van der Waals surface area contributed by atoms with Crippen molar-refractivity contribution >= 4 is 25.1 Å². The molecule has 0 aliphatic carbocycles. The van der Waals surface area contributed by atoms with Crippen molar-refractivity contribution in [2.75, 3.05) is 32.7 Å². The van der Waals surface area contributed by atoms with Crippen molar-refractivity contribution in [1.29, 1.82) is 5.26 Å². The van der Waals surface area contributed by atoms with Gasteiger partial charge >= 0.3 is 13.7 Å². The molecule has 17 heteroatoms. The molecule has 1 unspecified atom stereocenters. The largest absolute Gasteiger partial charge is 0.491 e. The van der Waals surface area contributed by atoms with Crippen LogP contribution in [-0.4, -0.2) is 87.7 Å². The Morgan fingerprint density at radius 3 is 2.57 bits per heavy atom. The van der Waals surface area contributed by atoms with Gasteiger partial charge in [0.15, 0.2) is 5.82 Å². The number of fused-ring (bicyclic) bond motifs is 1. The molecule has 0 amide bonds. The highest BCUT2D eigenvalue weighted by molar-refractivity contribution is 7.52.